The van der Waals surface area contributed by atoms with Crippen molar-refractivity contribution in [2.75, 3.05) is 26.2 Å². The number of benzene rings is 1. The fourth-order valence-corrected chi connectivity index (χ4v) is 4.78. The minimum Gasteiger partial charge on any atom is -0.337 e. The summed E-state index contributed by atoms with van der Waals surface area (Å²) in [5.41, 5.74) is 5.35. The first-order chi connectivity index (χ1) is 13.1. The fraction of sp³-hybridized carbons (Fsp3) is 0.545. The number of hydrogen-bond donors (Lipinski definition) is 0. The molecule has 0 spiro atoms. The molecule has 0 radical (unpaired) electrons. The summed E-state index contributed by atoms with van der Waals surface area (Å²) >= 11 is 0. The second-order valence-electron chi connectivity index (χ2n) is 7.88. The summed E-state index contributed by atoms with van der Waals surface area (Å²) < 4.78 is 2.04. The number of fused-ring (bicyclic) bond motifs is 1. The summed E-state index contributed by atoms with van der Waals surface area (Å²) in [6.07, 6.45) is 3.57. The lowest BCUT2D eigenvalue weighted by Gasteiger charge is -2.25. The molecule has 3 heterocycles. The van der Waals surface area contributed by atoms with Gasteiger partial charge in [0.1, 0.15) is 0 Å². The quantitative estimate of drug-likeness (QED) is 0.835. The number of amides is 1. The molecule has 0 bridgehead atoms. The SMILES string of the molecule is CCn1nc(C)c(-c2ccc(C(=O)N3CCCN4CCC[C@H]4C3)cc2)c1C. The number of aromatic nitrogens is 2. The third-order valence-electron chi connectivity index (χ3n) is 6.19. The van der Waals surface area contributed by atoms with Gasteiger partial charge in [0, 0.05) is 49.0 Å². The Balaban J connectivity index is 1.53. The van der Waals surface area contributed by atoms with Gasteiger partial charge in [-0.05, 0) is 64.3 Å². The Morgan fingerprint density at radius 3 is 2.56 bits per heavy atom. The Morgan fingerprint density at radius 2 is 1.85 bits per heavy atom. The molecule has 144 valence electrons. The summed E-state index contributed by atoms with van der Waals surface area (Å²) in [5, 5.41) is 4.61. The van der Waals surface area contributed by atoms with Crippen LogP contribution in [0.25, 0.3) is 11.1 Å². The number of nitrogens with zero attached hydrogens (tertiary/aromatic N) is 4. The zero-order valence-electron chi connectivity index (χ0n) is 16.7. The molecule has 4 rings (SSSR count). The Kier molecular flexibility index (Phi) is 5.04. The van der Waals surface area contributed by atoms with Gasteiger partial charge in [0.2, 0.25) is 0 Å². The van der Waals surface area contributed by atoms with Crippen LogP contribution in [0.1, 0.15) is 47.9 Å². The Morgan fingerprint density at radius 1 is 1.11 bits per heavy atom. The van der Waals surface area contributed by atoms with E-state index in [1.165, 1.54) is 30.6 Å². The molecule has 5 nitrogen and oxygen atoms in total. The molecule has 2 aliphatic heterocycles. The molecule has 5 heteroatoms. The van der Waals surface area contributed by atoms with Crippen LogP contribution in [0.3, 0.4) is 0 Å². The van der Waals surface area contributed by atoms with Crippen LogP contribution in [0.2, 0.25) is 0 Å². The molecular weight excluding hydrogens is 336 g/mol. The van der Waals surface area contributed by atoms with Gasteiger partial charge in [0.25, 0.3) is 5.91 Å². The highest BCUT2D eigenvalue weighted by Gasteiger charge is 2.30. The largest absolute Gasteiger partial charge is 0.337 e. The molecule has 27 heavy (non-hydrogen) atoms. The van der Waals surface area contributed by atoms with Crippen molar-refractivity contribution in [2.24, 2.45) is 0 Å². The molecule has 2 saturated heterocycles. The van der Waals surface area contributed by atoms with Crippen molar-refractivity contribution >= 4 is 5.91 Å². The molecule has 1 aromatic heterocycles. The Bertz CT molecular complexity index is 824. The van der Waals surface area contributed by atoms with E-state index in [9.17, 15) is 4.79 Å². The first-order valence-electron chi connectivity index (χ1n) is 10.3. The van der Waals surface area contributed by atoms with Crippen LogP contribution in [0.5, 0.6) is 0 Å². The second-order valence-corrected chi connectivity index (χ2v) is 7.88. The maximum atomic E-state index is 13.1. The van der Waals surface area contributed by atoms with E-state index in [-0.39, 0.29) is 5.91 Å². The van der Waals surface area contributed by atoms with Crippen LogP contribution in [-0.4, -0.2) is 57.7 Å². The standard InChI is InChI=1S/C22H30N4O/c1-4-26-17(3)21(16(2)23-26)18-8-10-19(11-9-18)22(27)25-14-6-13-24-12-5-7-20(24)15-25/h8-11,20H,4-7,12-15H2,1-3H3/t20-/m0/s1. The van der Waals surface area contributed by atoms with Crippen LogP contribution in [0, 0.1) is 13.8 Å². The molecule has 2 fully saturated rings. The molecule has 1 aromatic carbocycles. The van der Waals surface area contributed by atoms with Gasteiger partial charge in [0.15, 0.2) is 0 Å². The lowest BCUT2D eigenvalue weighted by molar-refractivity contribution is 0.0743. The zero-order valence-corrected chi connectivity index (χ0v) is 16.7. The van der Waals surface area contributed by atoms with E-state index in [1.807, 2.05) is 16.8 Å². The smallest absolute Gasteiger partial charge is 0.253 e. The van der Waals surface area contributed by atoms with Crippen LogP contribution in [0.4, 0.5) is 0 Å². The van der Waals surface area contributed by atoms with E-state index in [0.717, 1.165) is 49.4 Å². The molecule has 1 amide bonds. The van der Waals surface area contributed by atoms with E-state index in [1.54, 1.807) is 0 Å². The first-order valence-corrected chi connectivity index (χ1v) is 10.3. The van der Waals surface area contributed by atoms with E-state index in [4.69, 9.17) is 0 Å². The lowest BCUT2D eigenvalue weighted by Crippen LogP contribution is -2.39. The molecule has 2 aliphatic rings. The van der Waals surface area contributed by atoms with Crippen molar-refractivity contribution < 1.29 is 4.79 Å². The fourth-order valence-electron chi connectivity index (χ4n) is 4.78. The summed E-state index contributed by atoms with van der Waals surface area (Å²) in [4.78, 5) is 17.7. The van der Waals surface area contributed by atoms with Crippen LogP contribution < -0.4 is 0 Å². The summed E-state index contributed by atoms with van der Waals surface area (Å²) in [6.45, 7) is 11.2. The van der Waals surface area contributed by atoms with Crippen LogP contribution in [-0.2, 0) is 6.54 Å². The molecule has 1 atom stereocenters. The number of carbonyl (C=O) groups is 1. The number of rotatable bonds is 3. The van der Waals surface area contributed by atoms with E-state index >= 15 is 0 Å². The molecule has 0 N–H and O–H groups in total. The van der Waals surface area contributed by atoms with Crippen molar-refractivity contribution in [2.45, 2.75) is 52.6 Å². The normalized spacial score (nSPS) is 20.6. The first kappa shape index (κ1) is 18.2. The molecule has 0 unspecified atom stereocenters. The van der Waals surface area contributed by atoms with Gasteiger partial charge < -0.3 is 4.90 Å². The Labute approximate surface area is 162 Å². The second kappa shape index (κ2) is 7.47. The van der Waals surface area contributed by atoms with Crippen LogP contribution in [0.15, 0.2) is 24.3 Å². The Hall–Kier alpha value is -2.14. The predicted molar refractivity (Wildman–Crippen MR) is 108 cm³/mol. The van der Waals surface area contributed by atoms with E-state index in [2.05, 4.69) is 47.8 Å². The highest BCUT2D eigenvalue weighted by Crippen LogP contribution is 2.28. The number of aryl methyl sites for hydroxylation is 2. The highest BCUT2D eigenvalue weighted by atomic mass is 16.2. The van der Waals surface area contributed by atoms with Crippen LogP contribution >= 0.6 is 0 Å². The monoisotopic (exact) mass is 366 g/mol. The van der Waals surface area contributed by atoms with E-state index in [0.29, 0.717) is 6.04 Å². The minimum atomic E-state index is 0.174. The topological polar surface area (TPSA) is 41.4 Å². The number of carbonyl (C=O) groups excluding carboxylic acids is 1. The lowest BCUT2D eigenvalue weighted by atomic mass is 10.0. The molecule has 0 saturated carbocycles. The van der Waals surface area contributed by atoms with Gasteiger partial charge in [-0.2, -0.15) is 5.10 Å². The van der Waals surface area contributed by atoms with Crippen molar-refractivity contribution in [1.29, 1.82) is 0 Å². The average Bonchev–Trinajstić information content (AvgIpc) is 3.17. The maximum Gasteiger partial charge on any atom is 0.253 e. The van der Waals surface area contributed by atoms with Crippen molar-refractivity contribution in [1.82, 2.24) is 19.6 Å². The van der Waals surface area contributed by atoms with Gasteiger partial charge >= 0.3 is 0 Å². The van der Waals surface area contributed by atoms with E-state index < -0.39 is 0 Å². The van der Waals surface area contributed by atoms with Gasteiger partial charge in [-0.1, -0.05) is 12.1 Å². The maximum absolute atomic E-state index is 13.1. The molecule has 0 aliphatic carbocycles. The van der Waals surface area contributed by atoms with Gasteiger partial charge in [-0.25, -0.2) is 0 Å². The minimum absolute atomic E-state index is 0.174. The third-order valence-corrected chi connectivity index (χ3v) is 6.19. The summed E-state index contributed by atoms with van der Waals surface area (Å²) in [6, 6.07) is 8.67. The third kappa shape index (κ3) is 3.41. The van der Waals surface area contributed by atoms with Crippen molar-refractivity contribution in [3.05, 3.63) is 41.2 Å². The van der Waals surface area contributed by atoms with Crippen molar-refractivity contribution in [3.8, 4) is 11.1 Å². The number of hydrogen-bond acceptors (Lipinski definition) is 3. The predicted octanol–water partition coefficient (Wildman–Crippen LogP) is 3.50. The van der Waals surface area contributed by atoms with Crippen molar-refractivity contribution in [3.63, 3.8) is 0 Å². The summed E-state index contributed by atoms with van der Waals surface area (Å²) in [7, 11) is 0. The average molecular weight is 367 g/mol. The summed E-state index contributed by atoms with van der Waals surface area (Å²) in [5.74, 6) is 0.174. The highest BCUT2D eigenvalue weighted by molar-refractivity contribution is 5.94. The van der Waals surface area contributed by atoms with Gasteiger partial charge in [-0.3, -0.25) is 14.4 Å². The molecule has 2 aromatic rings. The van der Waals surface area contributed by atoms with Gasteiger partial charge in [-0.15, -0.1) is 0 Å². The zero-order chi connectivity index (χ0) is 19.0. The van der Waals surface area contributed by atoms with Gasteiger partial charge in [0.05, 0.1) is 5.69 Å². The molecular formula is C22H30N4O.